The molecule has 2 N–H and O–H groups in total. The van der Waals surface area contributed by atoms with Gasteiger partial charge in [0.25, 0.3) is 5.91 Å². The molecular formula is C30H25N3O3. The number of fused-ring (bicyclic) bond motifs is 2. The Morgan fingerprint density at radius 1 is 0.750 bits per heavy atom. The van der Waals surface area contributed by atoms with E-state index in [4.69, 9.17) is 0 Å². The van der Waals surface area contributed by atoms with E-state index in [1.165, 1.54) is 0 Å². The number of carbonyl (C=O) groups is 2. The first-order valence-electron chi connectivity index (χ1n) is 11.7. The lowest BCUT2D eigenvalue weighted by atomic mass is 10.1. The van der Waals surface area contributed by atoms with E-state index in [9.17, 15) is 14.4 Å². The molecule has 0 saturated carbocycles. The Kier molecular flexibility index (Phi) is 6.33. The minimum atomic E-state index is -0.298. The van der Waals surface area contributed by atoms with Gasteiger partial charge in [0.05, 0.1) is 22.3 Å². The van der Waals surface area contributed by atoms with Crippen LogP contribution in [0.5, 0.6) is 0 Å². The predicted molar refractivity (Wildman–Crippen MR) is 143 cm³/mol. The lowest BCUT2D eigenvalue weighted by Crippen LogP contribution is -2.26. The van der Waals surface area contributed by atoms with E-state index in [1.807, 2.05) is 72.2 Å². The average Bonchev–Trinajstić information content (AvgIpc) is 2.91. The first-order chi connectivity index (χ1) is 17.5. The molecule has 0 spiro atoms. The third-order valence-corrected chi connectivity index (χ3v) is 6.20. The monoisotopic (exact) mass is 475 g/mol. The second-order valence-corrected chi connectivity index (χ2v) is 8.71. The van der Waals surface area contributed by atoms with Gasteiger partial charge >= 0.3 is 0 Å². The highest BCUT2D eigenvalue weighted by atomic mass is 16.2. The summed E-state index contributed by atoms with van der Waals surface area (Å²) in [5.74, 6) is -0.571. The van der Waals surface area contributed by atoms with Crippen molar-refractivity contribution in [3.63, 3.8) is 0 Å². The molecule has 6 nitrogen and oxygen atoms in total. The summed E-state index contributed by atoms with van der Waals surface area (Å²) < 4.78 is 1.83. The van der Waals surface area contributed by atoms with Crippen molar-refractivity contribution in [2.75, 3.05) is 5.32 Å². The number of nitrogens with zero attached hydrogens (tertiary/aromatic N) is 1. The number of pyridine rings is 1. The highest BCUT2D eigenvalue weighted by Crippen LogP contribution is 2.20. The molecule has 4 aromatic carbocycles. The normalized spacial score (nSPS) is 10.9. The maximum absolute atomic E-state index is 13.2. The van der Waals surface area contributed by atoms with E-state index < -0.39 is 0 Å². The van der Waals surface area contributed by atoms with Crippen molar-refractivity contribution >= 4 is 39.3 Å². The summed E-state index contributed by atoms with van der Waals surface area (Å²) in [5, 5.41) is 6.92. The standard InChI is InChI=1S/C30H25N3O3/c1-20-14-16-21(17-15-20)18-31-30(36)22-8-2-5-11-25(22)32-28(34)19-33-26-12-6-3-9-23(26)29(35)24-10-4-7-13-27(24)33/h2-17H,18-19H2,1H3,(H,31,36)(H,32,34). The number of anilines is 1. The van der Waals surface area contributed by atoms with Crippen LogP contribution < -0.4 is 16.1 Å². The van der Waals surface area contributed by atoms with Crippen molar-refractivity contribution in [2.24, 2.45) is 0 Å². The van der Waals surface area contributed by atoms with Gasteiger partial charge in [-0.05, 0) is 48.9 Å². The van der Waals surface area contributed by atoms with Gasteiger partial charge in [0.15, 0.2) is 5.43 Å². The van der Waals surface area contributed by atoms with E-state index in [1.54, 1.807) is 36.4 Å². The van der Waals surface area contributed by atoms with Crippen LogP contribution in [0.3, 0.4) is 0 Å². The predicted octanol–water partition coefficient (Wildman–Crippen LogP) is 5.03. The summed E-state index contributed by atoms with van der Waals surface area (Å²) in [6.45, 7) is 2.39. The summed E-state index contributed by atoms with van der Waals surface area (Å²) in [4.78, 5) is 39.1. The number of aryl methyl sites for hydroxylation is 1. The Hall–Kier alpha value is -4.71. The molecule has 1 aromatic heterocycles. The van der Waals surface area contributed by atoms with E-state index >= 15 is 0 Å². The smallest absolute Gasteiger partial charge is 0.253 e. The molecule has 1 heterocycles. The van der Waals surface area contributed by atoms with Crippen molar-refractivity contribution in [1.82, 2.24) is 9.88 Å². The van der Waals surface area contributed by atoms with Gasteiger partial charge in [-0.3, -0.25) is 14.4 Å². The quantitative estimate of drug-likeness (QED) is 0.338. The van der Waals surface area contributed by atoms with Crippen LogP contribution in [-0.4, -0.2) is 16.4 Å². The molecule has 0 aliphatic carbocycles. The molecule has 0 aliphatic rings. The molecule has 6 heteroatoms. The number of benzene rings is 4. The van der Waals surface area contributed by atoms with Crippen LogP contribution in [0.25, 0.3) is 21.8 Å². The van der Waals surface area contributed by atoms with Gasteiger partial charge in [0.2, 0.25) is 5.91 Å². The maximum Gasteiger partial charge on any atom is 0.253 e. The van der Waals surface area contributed by atoms with Crippen molar-refractivity contribution in [3.8, 4) is 0 Å². The molecule has 2 amide bonds. The zero-order chi connectivity index (χ0) is 25.1. The molecular weight excluding hydrogens is 450 g/mol. The lowest BCUT2D eigenvalue weighted by molar-refractivity contribution is -0.116. The number of nitrogens with one attached hydrogen (secondary N) is 2. The van der Waals surface area contributed by atoms with Crippen molar-refractivity contribution in [2.45, 2.75) is 20.0 Å². The zero-order valence-electron chi connectivity index (χ0n) is 19.8. The number of para-hydroxylation sites is 3. The third kappa shape index (κ3) is 4.61. The minimum absolute atomic E-state index is 0.0133. The number of carbonyl (C=O) groups excluding carboxylic acids is 2. The zero-order valence-corrected chi connectivity index (χ0v) is 19.8. The Morgan fingerprint density at radius 3 is 2.00 bits per heavy atom. The summed E-state index contributed by atoms with van der Waals surface area (Å²) in [7, 11) is 0. The highest BCUT2D eigenvalue weighted by molar-refractivity contribution is 6.04. The number of amides is 2. The Morgan fingerprint density at radius 2 is 1.33 bits per heavy atom. The molecule has 0 bridgehead atoms. The molecule has 0 unspecified atom stereocenters. The molecule has 178 valence electrons. The minimum Gasteiger partial charge on any atom is -0.348 e. The second-order valence-electron chi connectivity index (χ2n) is 8.71. The summed E-state index contributed by atoms with van der Waals surface area (Å²) in [6, 6.07) is 29.4. The van der Waals surface area contributed by atoms with Crippen molar-refractivity contribution < 1.29 is 9.59 Å². The molecule has 5 rings (SSSR count). The fourth-order valence-corrected chi connectivity index (χ4v) is 4.35. The molecule has 0 atom stereocenters. The largest absolute Gasteiger partial charge is 0.348 e. The topological polar surface area (TPSA) is 80.2 Å². The lowest BCUT2D eigenvalue weighted by Gasteiger charge is -2.16. The maximum atomic E-state index is 13.2. The average molecular weight is 476 g/mol. The summed E-state index contributed by atoms with van der Waals surface area (Å²) in [6.07, 6.45) is 0. The summed E-state index contributed by atoms with van der Waals surface area (Å²) >= 11 is 0. The molecule has 36 heavy (non-hydrogen) atoms. The fourth-order valence-electron chi connectivity index (χ4n) is 4.35. The van der Waals surface area contributed by atoms with Crippen LogP contribution >= 0.6 is 0 Å². The molecule has 0 fully saturated rings. The van der Waals surface area contributed by atoms with Gasteiger partial charge in [0.1, 0.15) is 6.54 Å². The first kappa shape index (κ1) is 23.1. The molecule has 5 aromatic rings. The third-order valence-electron chi connectivity index (χ3n) is 6.20. The van der Waals surface area contributed by atoms with Gasteiger partial charge in [-0.25, -0.2) is 0 Å². The second kappa shape index (κ2) is 9.88. The number of rotatable bonds is 6. The van der Waals surface area contributed by atoms with Gasteiger partial charge in [0, 0.05) is 17.3 Å². The Balaban J connectivity index is 1.40. The van der Waals surface area contributed by atoms with Crippen LogP contribution in [0.4, 0.5) is 5.69 Å². The van der Waals surface area contributed by atoms with Crippen LogP contribution in [0.15, 0.2) is 102 Å². The Labute approximate surface area is 208 Å². The summed E-state index contributed by atoms with van der Waals surface area (Å²) in [5.41, 5.74) is 4.26. The fraction of sp³-hybridized carbons (Fsp3) is 0.100. The Bertz CT molecular complexity index is 1590. The van der Waals surface area contributed by atoms with Crippen LogP contribution in [0.1, 0.15) is 21.5 Å². The van der Waals surface area contributed by atoms with Gasteiger partial charge < -0.3 is 15.2 Å². The van der Waals surface area contributed by atoms with Gasteiger partial charge in [-0.1, -0.05) is 66.2 Å². The van der Waals surface area contributed by atoms with E-state index in [0.717, 1.165) is 11.1 Å². The first-order valence-corrected chi connectivity index (χ1v) is 11.7. The molecule has 0 radical (unpaired) electrons. The van der Waals surface area contributed by atoms with Crippen LogP contribution in [0, 0.1) is 6.92 Å². The SMILES string of the molecule is Cc1ccc(CNC(=O)c2ccccc2NC(=O)Cn2c3ccccc3c(=O)c3ccccc32)cc1. The van der Waals surface area contributed by atoms with E-state index in [-0.39, 0.29) is 23.8 Å². The van der Waals surface area contributed by atoms with Crippen molar-refractivity contribution in [3.05, 3.63) is 124 Å². The van der Waals surface area contributed by atoms with E-state index in [0.29, 0.717) is 39.6 Å². The highest BCUT2D eigenvalue weighted by Gasteiger charge is 2.16. The van der Waals surface area contributed by atoms with Gasteiger partial charge in [-0.2, -0.15) is 0 Å². The molecule has 0 saturated heterocycles. The van der Waals surface area contributed by atoms with Crippen LogP contribution in [0.2, 0.25) is 0 Å². The number of aromatic nitrogens is 1. The van der Waals surface area contributed by atoms with E-state index in [2.05, 4.69) is 10.6 Å². The molecule has 0 aliphatic heterocycles. The van der Waals surface area contributed by atoms with Gasteiger partial charge in [-0.15, -0.1) is 0 Å². The number of hydrogen-bond donors (Lipinski definition) is 2. The van der Waals surface area contributed by atoms with Crippen molar-refractivity contribution in [1.29, 1.82) is 0 Å². The van der Waals surface area contributed by atoms with Crippen LogP contribution in [-0.2, 0) is 17.9 Å². The number of hydrogen-bond acceptors (Lipinski definition) is 3.